The lowest BCUT2D eigenvalue weighted by molar-refractivity contribution is 0.629. The zero-order valence-electron chi connectivity index (χ0n) is 13.3. The first-order valence-electron chi connectivity index (χ1n) is 7.19. The normalized spacial score (nSPS) is 11.5. The fourth-order valence-electron chi connectivity index (χ4n) is 2.04. The van der Waals surface area contributed by atoms with Crippen molar-refractivity contribution in [3.63, 3.8) is 0 Å². The van der Waals surface area contributed by atoms with Crippen LogP contribution in [0.4, 0.5) is 17.5 Å². The largest absolute Gasteiger partial charge is 0.364 e. The number of aromatic nitrogens is 3. The van der Waals surface area contributed by atoms with Crippen LogP contribution in [0.15, 0.2) is 30.5 Å². The maximum absolute atomic E-state index is 4.46. The maximum Gasteiger partial charge on any atom is 0.249 e. The van der Waals surface area contributed by atoms with E-state index in [2.05, 4.69) is 66.5 Å². The van der Waals surface area contributed by atoms with Gasteiger partial charge in [-0.25, -0.2) is 0 Å². The summed E-state index contributed by atoms with van der Waals surface area (Å²) in [6.45, 7) is 10.6. The van der Waals surface area contributed by atoms with Crippen LogP contribution < -0.4 is 10.6 Å². The average Bonchev–Trinajstić information content (AvgIpc) is 2.37. The molecule has 0 saturated heterocycles. The Morgan fingerprint density at radius 2 is 1.81 bits per heavy atom. The van der Waals surface area contributed by atoms with Crippen molar-refractivity contribution in [1.82, 2.24) is 15.2 Å². The SMILES string of the molecule is CC(C)c1ccccc1Nc1nncc(NC(C)(C)C)n1. The fraction of sp³-hybridized carbons (Fsp3) is 0.438. The number of hydrogen-bond acceptors (Lipinski definition) is 5. The smallest absolute Gasteiger partial charge is 0.249 e. The molecule has 0 aliphatic heterocycles. The van der Waals surface area contributed by atoms with Gasteiger partial charge in [-0.3, -0.25) is 0 Å². The van der Waals surface area contributed by atoms with Gasteiger partial charge >= 0.3 is 0 Å². The lowest BCUT2D eigenvalue weighted by atomic mass is 10.0. The number of benzene rings is 1. The van der Waals surface area contributed by atoms with E-state index in [4.69, 9.17) is 0 Å². The third-order valence-corrected chi connectivity index (χ3v) is 2.89. The van der Waals surface area contributed by atoms with E-state index in [0.29, 0.717) is 17.7 Å². The monoisotopic (exact) mass is 285 g/mol. The minimum absolute atomic E-state index is 0.0663. The van der Waals surface area contributed by atoms with E-state index < -0.39 is 0 Å². The predicted molar refractivity (Wildman–Crippen MR) is 87.0 cm³/mol. The highest BCUT2D eigenvalue weighted by molar-refractivity contribution is 5.59. The van der Waals surface area contributed by atoms with Gasteiger partial charge in [-0.15, -0.1) is 5.10 Å². The Labute approximate surface area is 126 Å². The second-order valence-corrected chi connectivity index (χ2v) is 6.41. The second-order valence-electron chi connectivity index (χ2n) is 6.41. The van der Waals surface area contributed by atoms with Crippen LogP contribution in [0.25, 0.3) is 0 Å². The van der Waals surface area contributed by atoms with E-state index in [1.54, 1.807) is 6.20 Å². The highest BCUT2D eigenvalue weighted by Crippen LogP contribution is 2.25. The number of rotatable bonds is 4. The van der Waals surface area contributed by atoms with Gasteiger partial charge in [0.25, 0.3) is 0 Å². The van der Waals surface area contributed by atoms with E-state index in [1.807, 2.05) is 18.2 Å². The van der Waals surface area contributed by atoms with Crippen LogP contribution in [0.5, 0.6) is 0 Å². The molecule has 0 fully saturated rings. The molecule has 0 aliphatic rings. The lowest BCUT2D eigenvalue weighted by Crippen LogP contribution is -2.27. The summed E-state index contributed by atoms with van der Waals surface area (Å²) >= 11 is 0. The van der Waals surface area contributed by atoms with E-state index >= 15 is 0 Å². The minimum atomic E-state index is -0.0663. The van der Waals surface area contributed by atoms with Gasteiger partial charge < -0.3 is 10.6 Å². The number of anilines is 3. The van der Waals surface area contributed by atoms with E-state index in [1.165, 1.54) is 5.56 Å². The molecule has 2 aromatic rings. The molecule has 0 amide bonds. The molecule has 0 atom stereocenters. The van der Waals surface area contributed by atoms with Gasteiger partial charge in [0.1, 0.15) is 0 Å². The summed E-state index contributed by atoms with van der Waals surface area (Å²) in [7, 11) is 0. The maximum atomic E-state index is 4.46. The van der Waals surface area contributed by atoms with Crippen molar-refractivity contribution in [1.29, 1.82) is 0 Å². The van der Waals surface area contributed by atoms with Crippen LogP contribution in [0.1, 0.15) is 46.1 Å². The van der Waals surface area contributed by atoms with Gasteiger partial charge in [-0.1, -0.05) is 32.0 Å². The molecule has 0 unspecified atom stereocenters. The summed E-state index contributed by atoms with van der Waals surface area (Å²) in [5.41, 5.74) is 2.18. The first-order chi connectivity index (χ1) is 9.85. The Bertz CT molecular complexity index is 602. The summed E-state index contributed by atoms with van der Waals surface area (Å²) in [6, 6.07) is 8.18. The molecule has 2 rings (SSSR count). The molecule has 0 spiro atoms. The third kappa shape index (κ3) is 4.41. The molecule has 112 valence electrons. The summed E-state index contributed by atoms with van der Waals surface area (Å²) < 4.78 is 0. The average molecular weight is 285 g/mol. The molecule has 5 nitrogen and oxygen atoms in total. The molecular formula is C16H23N5. The third-order valence-electron chi connectivity index (χ3n) is 2.89. The molecule has 0 radical (unpaired) electrons. The molecule has 2 N–H and O–H groups in total. The van der Waals surface area contributed by atoms with Crippen LogP contribution in [-0.2, 0) is 0 Å². The zero-order valence-corrected chi connectivity index (χ0v) is 13.3. The second kappa shape index (κ2) is 6.08. The molecular weight excluding hydrogens is 262 g/mol. The Kier molecular flexibility index (Phi) is 4.40. The molecule has 1 heterocycles. The molecule has 1 aromatic carbocycles. The van der Waals surface area contributed by atoms with Crippen molar-refractivity contribution in [3.8, 4) is 0 Å². The van der Waals surface area contributed by atoms with Crippen LogP contribution >= 0.6 is 0 Å². The first kappa shape index (κ1) is 15.2. The fourth-order valence-corrected chi connectivity index (χ4v) is 2.04. The highest BCUT2D eigenvalue weighted by Gasteiger charge is 2.12. The molecule has 21 heavy (non-hydrogen) atoms. The lowest BCUT2D eigenvalue weighted by Gasteiger charge is -2.21. The molecule has 0 saturated carbocycles. The Hall–Kier alpha value is -2.17. The Balaban J connectivity index is 2.23. The highest BCUT2D eigenvalue weighted by atomic mass is 15.3. The van der Waals surface area contributed by atoms with Crippen LogP contribution in [0.2, 0.25) is 0 Å². The predicted octanol–water partition coefficient (Wildman–Crippen LogP) is 3.95. The number of hydrogen-bond donors (Lipinski definition) is 2. The topological polar surface area (TPSA) is 62.7 Å². The van der Waals surface area contributed by atoms with Crippen molar-refractivity contribution < 1.29 is 0 Å². The number of nitrogens with one attached hydrogen (secondary N) is 2. The molecule has 1 aromatic heterocycles. The Morgan fingerprint density at radius 3 is 2.48 bits per heavy atom. The summed E-state index contributed by atoms with van der Waals surface area (Å²) in [6.07, 6.45) is 1.63. The van der Waals surface area contributed by atoms with Gasteiger partial charge in [-0.05, 0) is 38.3 Å². The summed E-state index contributed by atoms with van der Waals surface area (Å²) in [5.74, 6) is 1.64. The first-order valence-corrected chi connectivity index (χ1v) is 7.19. The van der Waals surface area contributed by atoms with Crippen molar-refractivity contribution in [2.45, 2.75) is 46.1 Å². The number of nitrogens with zero attached hydrogens (tertiary/aromatic N) is 3. The van der Waals surface area contributed by atoms with Crippen molar-refractivity contribution >= 4 is 17.5 Å². The van der Waals surface area contributed by atoms with E-state index in [-0.39, 0.29) is 5.54 Å². The molecule has 0 bridgehead atoms. The van der Waals surface area contributed by atoms with Crippen molar-refractivity contribution in [3.05, 3.63) is 36.0 Å². The zero-order chi connectivity index (χ0) is 15.5. The van der Waals surface area contributed by atoms with Gasteiger partial charge in [0.2, 0.25) is 5.95 Å². The van der Waals surface area contributed by atoms with Gasteiger partial charge in [0.05, 0.1) is 6.20 Å². The van der Waals surface area contributed by atoms with Gasteiger partial charge in [0.15, 0.2) is 5.82 Å². The Morgan fingerprint density at radius 1 is 1.10 bits per heavy atom. The summed E-state index contributed by atoms with van der Waals surface area (Å²) in [5, 5.41) is 14.6. The van der Waals surface area contributed by atoms with Gasteiger partial charge in [-0.2, -0.15) is 10.1 Å². The van der Waals surface area contributed by atoms with E-state index in [9.17, 15) is 0 Å². The minimum Gasteiger partial charge on any atom is -0.364 e. The quantitative estimate of drug-likeness (QED) is 0.890. The summed E-state index contributed by atoms with van der Waals surface area (Å²) in [4.78, 5) is 4.46. The standard InChI is InChI=1S/C16H23N5/c1-11(2)12-8-6-7-9-13(12)18-15-19-14(10-17-21-15)20-16(3,4)5/h6-11H,1-5H3,(H2,18,19,20,21). The van der Waals surface area contributed by atoms with Gasteiger partial charge in [0, 0.05) is 11.2 Å². The van der Waals surface area contributed by atoms with E-state index in [0.717, 1.165) is 5.69 Å². The number of para-hydroxylation sites is 1. The van der Waals surface area contributed by atoms with Crippen LogP contribution in [0.3, 0.4) is 0 Å². The van der Waals surface area contributed by atoms with Crippen LogP contribution in [-0.4, -0.2) is 20.7 Å². The van der Waals surface area contributed by atoms with Crippen molar-refractivity contribution in [2.75, 3.05) is 10.6 Å². The molecule has 5 heteroatoms. The van der Waals surface area contributed by atoms with Crippen molar-refractivity contribution in [2.24, 2.45) is 0 Å². The van der Waals surface area contributed by atoms with Crippen LogP contribution in [0, 0.1) is 0 Å². The molecule has 0 aliphatic carbocycles.